The quantitative estimate of drug-likeness (QED) is 0.599. The van der Waals surface area contributed by atoms with Gasteiger partial charge < -0.3 is 15.9 Å². The van der Waals surface area contributed by atoms with E-state index < -0.39 is 5.82 Å². The summed E-state index contributed by atoms with van der Waals surface area (Å²) in [5, 5.41) is 11.0. The lowest BCUT2D eigenvalue weighted by Crippen LogP contribution is -2.33. The molecule has 1 aromatic carbocycles. The molecule has 1 fully saturated rings. The smallest absolute Gasteiger partial charge is 0.230 e. The first kappa shape index (κ1) is 16.7. The predicted octanol–water partition coefficient (Wildman–Crippen LogP) is 1.19. The van der Waals surface area contributed by atoms with E-state index in [1.807, 2.05) is 0 Å². The van der Waals surface area contributed by atoms with Crippen LogP contribution in [0.1, 0.15) is 12.8 Å². The van der Waals surface area contributed by atoms with E-state index in [9.17, 15) is 9.18 Å². The Bertz CT molecular complexity index is 718. The van der Waals surface area contributed by atoms with Crippen LogP contribution in [0.3, 0.4) is 0 Å². The molecular formula is C15H18FN5O2S. The van der Waals surface area contributed by atoms with E-state index in [1.54, 1.807) is 18.2 Å². The maximum atomic E-state index is 13.8. The minimum absolute atomic E-state index is 0.102. The zero-order valence-corrected chi connectivity index (χ0v) is 13.8. The fourth-order valence-corrected chi connectivity index (χ4v) is 3.10. The van der Waals surface area contributed by atoms with Crippen LogP contribution in [0.5, 0.6) is 0 Å². The number of amides is 1. The number of aromatic nitrogens is 3. The summed E-state index contributed by atoms with van der Waals surface area (Å²) in [6, 6.07) is 6.18. The number of carbonyl (C=O) groups is 1. The van der Waals surface area contributed by atoms with Crippen LogP contribution in [0.4, 0.5) is 4.39 Å². The van der Waals surface area contributed by atoms with E-state index >= 15 is 0 Å². The number of hydrogen-bond acceptors (Lipinski definition) is 6. The first-order valence-electron chi connectivity index (χ1n) is 7.61. The molecule has 0 saturated carbocycles. The largest absolute Gasteiger partial charge is 0.376 e. The molecule has 0 unspecified atom stereocenters. The van der Waals surface area contributed by atoms with Crippen LogP contribution in [0.2, 0.25) is 0 Å². The van der Waals surface area contributed by atoms with Crippen LogP contribution < -0.4 is 11.2 Å². The van der Waals surface area contributed by atoms with Crippen molar-refractivity contribution in [3.63, 3.8) is 0 Å². The molecule has 1 aromatic heterocycles. The van der Waals surface area contributed by atoms with Crippen molar-refractivity contribution in [3.8, 4) is 11.4 Å². The standard InChI is InChI=1S/C15H18FN5O2S/c16-12-6-2-1-5-11(12)14-19-20-15(21(14)17)24-9-13(22)18-8-10-4-3-7-23-10/h1-2,5-6,10H,3-4,7-9,17H2,(H,18,22)/t10-/m1/s1. The number of benzene rings is 1. The van der Waals surface area contributed by atoms with Gasteiger partial charge in [-0.15, -0.1) is 10.2 Å². The minimum Gasteiger partial charge on any atom is -0.376 e. The van der Waals surface area contributed by atoms with Gasteiger partial charge >= 0.3 is 0 Å². The molecule has 2 aromatic rings. The fourth-order valence-electron chi connectivity index (χ4n) is 2.42. The Labute approximate surface area is 142 Å². The van der Waals surface area contributed by atoms with Gasteiger partial charge in [0.05, 0.1) is 17.4 Å². The van der Waals surface area contributed by atoms with Crippen molar-refractivity contribution in [3.05, 3.63) is 30.1 Å². The van der Waals surface area contributed by atoms with Crippen LogP contribution in [0, 0.1) is 5.82 Å². The molecule has 1 aliphatic heterocycles. The number of carbonyl (C=O) groups excluding carboxylic acids is 1. The fraction of sp³-hybridized carbons (Fsp3) is 0.400. The van der Waals surface area contributed by atoms with E-state index in [0.29, 0.717) is 11.7 Å². The molecule has 3 N–H and O–H groups in total. The van der Waals surface area contributed by atoms with Gasteiger partial charge in [-0.25, -0.2) is 9.07 Å². The van der Waals surface area contributed by atoms with Crippen molar-refractivity contribution in [2.45, 2.75) is 24.1 Å². The SMILES string of the molecule is Nn1c(SCC(=O)NC[C@H]2CCCO2)nnc1-c1ccccc1F. The number of nitrogens with one attached hydrogen (secondary N) is 1. The molecule has 2 heterocycles. The number of nitrogen functional groups attached to an aromatic ring is 1. The lowest BCUT2D eigenvalue weighted by molar-refractivity contribution is -0.119. The number of nitrogens with zero attached hydrogens (tertiary/aromatic N) is 3. The summed E-state index contributed by atoms with van der Waals surface area (Å²) in [6.45, 7) is 1.26. The highest BCUT2D eigenvalue weighted by molar-refractivity contribution is 7.99. The van der Waals surface area contributed by atoms with Gasteiger partial charge in [-0.05, 0) is 25.0 Å². The van der Waals surface area contributed by atoms with Crippen molar-refractivity contribution in [2.24, 2.45) is 0 Å². The molecule has 1 saturated heterocycles. The second-order valence-corrected chi connectivity index (χ2v) is 6.33. The Balaban J connectivity index is 1.56. The number of hydrogen-bond donors (Lipinski definition) is 2. The van der Waals surface area contributed by atoms with Crippen molar-refractivity contribution < 1.29 is 13.9 Å². The van der Waals surface area contributed by atoms with Gasteiger partial charge in [0.25, 0.3) is 0 Å². The molecule has 1 aliphatic rings. The van der Waals surface area contributed by atoms with Crippen molar-refractivity contribution in [2.75, 3.05) is 24.7 Å². The summed E-state index contributed by atoms with van der Waals surface area (Å²) in [5.41, 5.74) is 0.266. The average molecular weight is 351 g/mol. The van der Waals surface area contributed by atoms with Gasteiger partial charge in [-0.2, -0.15) is 0 Å². The van der Waals surface area contributed by atoms with Crippen molar-refractivity contribution >= 4 is 17.7 Å². The Morgan fingerprint density at radius 2 is 2.29 bits per heavy atom. The average Bonchev–Trinajstić information content (AvgIpc) is 3.22. The lowest BCUT2D eigenvalue weighted by atomic mass is 10.2. The van der Waals surface area contributed by atoms with Crippen LogP contribution in [0.25, 0.3) is 11.4 Å². The summed E-state index contributed by atoms with van der Waals surface area (Å²) in [6.07, 6.45) is 2.10. The topological polar surface area (TPSA) is 95.1 Å². The van der Waals surface area contributed by atoms with Crippen LogP contribution in [-0.2, 0) is 9.53 Å². The second kappa shape index (κ2) is 7.63. The number of nitrogens with two attached hydrogens (primary N) is 1. The van der Waals surface area contributed by atoms with Crippen LogP contribution >= 0.6 is 11.8 Å². The van der Waals surface area contributed by atoms with E-state index in [4.69, 9.17) is 10.6 Å². The van der Waals surface area contributed by atoms with Gasteiger partial charge in [0, 0.05) is 13.2 Å². The Hall–Kier alpha value is -2.13. The molecule has 1 atom stereocenters. The lowest BCUT2D eigenvalue weighted by Gasteiger charge is -2.10. The molecule has 0 bridgehead atoms. The number of thioether (sulfide) groups is 1. The highest BCUT2D eigenvalue weighted by Gasteiger charge is 2.18. The van der Waals surface area contributed by atoms with Crippen molar-refractivity contribution in [1.29, 1.82) is 0 Å². The number of ether oxygens (including phenoxy) is 1. The third-order valence-electron chi connectivity index (χ3n) is 3.66. The van der Waals surface area contributed by atoms with Gasteiger partial charge in [0.1, 0.15) is 5.82 Å². The third kappa shape index (κ3) is 3.85. The Morgan fingerprint density at radius 1 is 1.46 bits per heavy atom. The maximum absolute atomic E-state index is 13.8. The zero-order chi connectivity index (χ0) is 16.9. The van der Waals surface area contributed by atoms with E-state index in [1.165, 1.54) is 10.7 Å². The molecule has 0 aliphatic carbocycles. The normalized spacial score (nSPS) is 17.1. The van der Waals surface area contributed by atoms with E-state index in [0.717, 1.165) is 31.2 Å². The molecule has 128 valence electrons. The molecule has 24 heavy (non-hydrogen) atoms. The molecule has 0 radical (unpaired) electrons. The maximum Gasteiger partial charge on any atom is 0.230 e. The second-order valence-electron chi connectivity index (χ2n) is 5.38. The van der Waals surface area contributed by atoms with E-state index in [2.05, 4.69) is 15.5 Å². The Kier molecular flexibility index (Phi) is 5.31. The van der Waals surface area contributed by atoms with Gasteiger partial charge in [0.15, 0.2) is 5.82 Å². The molecule has 3 rings (SSSR count). The molecule has 7 nitrogen and oxygen atoms in total. The zero-order valence-electron chi connectivity index (χ0n) is 12.9. The summed E-state index contributed by atoms with van der Waals surface area (Å²) < 4.78 is 20.4. The first-order valence-corrected chi connectivity index (χ1v) is 8.60. The first-order chi connectivity index (χ1) is 11.6. The van der Waals surface area contributed by atoms with Crippen LogP contribution in [0.15, 0.2) is 29.4 Å². The molecule has 9 heteroatoms. The number of halogens is 1. The van der Waals surface area contributed by atoms with Gasteiger partial charge in [0.2, 0.25) is 11.1 Å². The predicted molar refractivity (Wildman–Crippen MR) is 88.3 cm³/mol. The summed E-state index contributed by atoms with van der Waals surface area (Å²) >= 11 is 1.15. The van der Waals surface area contributed by atoms with Gasteiger partial charge in [-0.3, -0.25) is 4.79 Å². The summed E-state index contributed by atoms with van der Waals surface area (Å²) in [4.78, 5) is 11.9. The minimum atomic E-state index is -0.428. The highest BCUT2D eigenvalue weighted by Crippen LogP contribution is 2.23. The molecule has 0 spiro atoms. The molecule has 1 amide bonds. The Morgan fingerprint density at radius 3 is 3.04 bits per heavy atom. The van der Waals surface area contributed by atoms with Gasteiger partial charge in [-0.1, -0.05) is 23.9 Å². The highest BCUT2D eigenvalue weighted by atomic mass is 32.2. The summed E-state index contributed by atoms with van der Waals surface area (Å²) in [5.74, 6) is 5.72. The number of rotatable bonds is 6. The third-order valence-corrected chi connectivity index (χ3v) is 4.61. The van der Waals surface area contributed by atoms with Crippen LogP contribution in [-0.4, -0.2) is 45.8 Å². The molecular weight excluding hydrogens is 333 g/mol. The van der Waals surface area contributed by atoms with E-state index in [-0.39, 0.29) is 29.2 Å². The monoisotopic (exact) mass is 351 g/mol. The summed E-state index contributed by atoms with van der Waals surface area (Å²) in [7, 11) is 0. The van der Waals surface area contributed by atoms with Crippen molar-refractivity contribution in [1.82, 2.24) is 20.2 Å².